The Morgan fingerprint density at radius 2 is 1.75 bits per heavy atom. The van der Waals surface area contributed by atoms with Gasteiger partial charge in [-0.15, -0.1) is 0 Å². The van der Waals surface area contributed by atoms with Crippen molar-refractivity contribution in [3.63, 3.8) is 0 Å². The van der Waals surface area contributed by atoms with Crippen LogP contribution in [0.1, 0.15) is 22.6 Å². The second-order valence-electron chi connectivity index (χ2n) is 5.42. The highest BCUT2D eigenvalue weighted by Crippen LogP contribution is 2.29. The molecule has 2 heterocycles. The molecule has 1 aromatic carbocycles. The molecule has 0 spiro atoms. The Morgan fingerprint density at radius 1 is 1.08 bits per heavy atom. The van der Waals surface area contributed by atoms with Crippen LogP contribution < -0.4 is 4.74 Å². The van der Waals surface area contributed by atoms with Crippen LogP contribution in [-0.2, 0) is 19.6 Å². The maximum Gasteiger partial charge on any atom is 0.416 e. The minimum Gasteiger partial charge on any atom is -0.480 e. The average Bonchev–Trinajstić information content (AvgIpc) is 2.80. The number of hydrogen-bond acceptors (Lipinski definition) is 4. The van der Waals surface area contributed by atoms with E-state index in [0.29, 0.717) is 34.9 Å². The molecule has 0 amide bonds. The fraction of sp³-hybridized carbons (Fsp3) is 0.312. The van der Waals surface area contributed by atoms with Crippen molar-refractivity contribution in [3.8, 4) is 5.88 Å². The number of rotatable bonds is 3. The fourth-order valence-electron chi connectivity index (χ4n) is 2.40. The average molecular weight is 336 g/mol. The third-order valence-corrected chi connectivity index (χ3v) is 3.81. The van der Waals surface area contributed by atoms with Crippen LogP contribution in [0.25, 0.3) is 11.3 Å². The number of alkyl halides is 3. The highest BCUT2D eigenvalue weighted by Gasteiger charge is 2.30. The van der Waals surface area contributed by atoms with Crippen LogP contribution in [-0.4, -0.2) is 26.6 Å². The van der Waals surface area contributed by atoms with Gasteiger partial charge in [-0.1, -0.05) is 12.1 Å². The molecule has 0 aliphatic rings. The van der Waals surface area contributed by atoms with E-state index in [4.69, 9.17) is 4.74 Å². The predicted molar refractivity (Wildman–Crippen MR) is 81.8 cm³/mol. The van der Waals surface area contributed by atoms with Crippen molar-refractivity contribution in [1.82, 2.24) is 19.5 Å². The lowest BCUT2D eigenvalue weighted by molar-refractivity contribution is -0.137. The minimum atomic E-state index is -4.35. The van der Waals surface area contributed by atoms with E-state index in [1.165, 1.54) is 19.2 Å². The van der Waals surface area contributed by atoms with Crippen LogP contribution >= 0.6 is 0 Å². The molecule has 8 heteroatoms. The Balaban J connectivity index is 1.97. The van der Waals surface area contributed by atoms with Gasteiger partial charge in [-0.3, -0.25) is 0 Å². The van der Waals surface area contributed by atoms with Crippen LogP contribution in [0, 0.1) is 6.92 Å². The van der Waals surface area contributed by atoms with Crippen molar-refractivity contribution in [2.24, 2.45) is 7.05 Å². The summed E-state index contributed by atoms with van der Waals surface area (Å²) in [5.41, 5.74) is 1.61. The summed E-state index contributed by atoms with van der Waals surface area (Å²) < 4.78 is 45.0. The number of aromatic nitrogens is 4. The van der Waals surface area contributed by atoms with Gasteiger partial charge in [-0.05, 0) is 24.6 Å². The van der Waals surface area contributed by atoms with Gasteiger partial charge in [0.15, 0.2) is 11.3 Å². The molecule has 0 bridgehead atoms. The molecule has 0 radical (unpaired) electrons. The molecule has 0 unspecified atom stereocenters. The fourth-order valence-corrected chi connectivity index (χ4v) is 2.40. The minimum absolute atomic E-state index is 0.305. The number of aryl methyl sites for hydroxylation is 2. The lowest BCUT2D eigenvalue weighted by Crippen LogP contribution is -2.05. The summed E-state index contributed by atoms with van der Waals surface area (Å²) >= 11 is 0. The Bertz CT molecular complexity index is 885. The number of fused-ring (bicyclic) bond motifs is 1. The standard InChI is InChI=1S/C16H15F3N4O/c1-9-20-13-14(23(9)2)22-15(24-3)12(21-13)8-10-4-6-11(7-5-10)16(17,18)19/h4-7H,8H2,1-3H3. The zero-order chi connectivity index (χ0) is 17.5. The van der Waals surface area contributed by atoms with Crippen molar-refractivity contribution >= 4 is 11.3 Å². The maximum atomic E-state index is 12.6. The van der Waals surface area contributed by atoms with E-state index in [1.807, 2.05) is 14.0 Å². The molecule has 0 aliphatic heterocycles. The zero-order valence-corrected chi connectivity index (χ0v) is 13.3. The summed E-state index contributed by atoms with van der Waals surface area (Å²) in [7, 11) is 3.31. The first-order valence-electron chi connectivity index (χ1n) is 7.19. The summed E-state index contributed by atoms with van der Waals surface area (Å²) in [6.45, 7) is 1.84. The molecule has 0 saturated heterocycles. The van der Waals surface area contributed by atoms with E-state index >= 15 is 0 Å². The molecule has 0 saturated carbocycles. The van der Waals surface area contributed by atoms with Gasteiger partial charge in [-0.25, -0.2) is 9.97 Å². The SMILES string of the molecule is COc1nc2c(nc1Cc1ccc(C(F)(F)F)cc1)nc(C)n2C. The van der Waals surface area contributed by atoms with E-state index in [2.05, 4.69) is 15.0 Å². The summed E-state index contributed by atoms with van der Waals surface area (Å²) in [6, 6.07) is 4.97. The maximum absolute atomic E-state index is 12.6. The number of hydrogen-bond donors (Lipinski definition) is 0. The van der Waals surface area contributed by atoms with Gasteiger partial charge in [0.25, 0.3) is 0 Å². The Morgan fingerprint density at radius 3 is 2.33 bits per heavy atom. The zero-order valence-electron chi connectivity index (χ0n) is 13.3. The van der Waals surface area contributed by atoms with Gasteiger partial charge >= 0.3 is 6.18 Å². The van der Waals surface area contributed by atoms with E-state index in [9.17, 15) is 13.2 Å². The van der Waals surface area contributed by atoms with Gasteiger partial charge < -0.3 is 9.30 Å². The van der Waals surface area contributed by atoms with Crippen molar-refractivity contribution in [1.29, 1.82) is 0 Å². The summed E-state index contributed by atoms with van der Waals surface area (Å²) in [5, 5.41) is 0. The third-order valence-electron chi connectivity index (χ3n) is 3.81. The largest absolute Gasteiger partial charge is 0.480 e. The molecule has 126 valence electrons. The van der Waals surface area contributed by atoms with Crippen molar-refractivity contribution in [2.75, 3.05) is 7.11 Å². The van der Waals surface area contributed by atoms with Crippen molar-refractivity contribution in [2.45, 2.75) is 19.5 Å². The van der Waals surface area contributed by atoms with E-state index in [1.54, 1.807) is 4.57 Å². The lowest BCUT2D eigenvalue weighted by Gasteiger charge is -2.09. The predicted octanol–water partition coefficient (Wildman–Crippen LogP) is 3.29. The van der Waals surface area contributed by atoms with Gasteiger partial charge in [0.1, 0.15) is 11.5 Å². The Kier molecular flexibility index (Phi) is 3.90. The van der Waals surface area contributed by atoms with Crippen LogP contribution in [0.5, 0.6) is 5.88 Å². The normalized spacial score (nSPS) is 11.9. The van der Waals surface area contributed by atoms with Gasteiger partial charge in [0.05, 0.1) is 12.7 Å². The van der Waals surface area contributed by atoms with Crippen LogP contribution in [0.15, 0.2) is 24.3 Å². The Hall–Kier alpha value is -2.64. The molecule has 24 heavy (non-hydrogen) atoms. The first-order chi connectivity index (χ1) is 11.3. The van der Waals surface area contributed by atoms with E-state index < -0.39 is 11.7 Å². The summed E-state index contributed by atoms with van der Waals surface area (Å²) in [4.78, 5) is 13.2. The highest BCUT2D eigenvalue weighted by atomic mass is 19.4. The Labute approximate surface area is 136 Å². The summed E-state index contributed by atoms with van der Waals surface area (Å²) in [6.07, 6.45) is -4.04. The third kappa shape index (κ3) is 2.91. The quantitative estimate of drug-likeness (QED) is 0.736. The second-order valence-corrected chi connectivity index (χ2v) is 5.42. The number of imidazole rings is 1. The van der Waals surface area contributed by atoms with Gasteiger partial charge in [-0.2, -0.15) is 18.2 Å². The second kappa shape index (κ2) is 5.77. The molecule has 2 aromatic heterocycles. The first kappa shape index (κ1) is 16.2. The van der Waals surface area contributed by atoms with Crippen LogP contribution in [0.2, 0.25) is 0 Å². The lowest BCUT2D eigenvalue weighted by atomic mass is 10.1. The van der Waals surface area contributed by atoms with Crippen molar-refractivity contribution in [3.05, 3.63) is 46.9 Å². The van der Waals surface area contributed by atoms with Crippen LogP contribution in [0.4, 0.5) is 13.2 Å². The molecule has 0 N–H and O–H groups in total. The number of benzene rings is 1. The monoisotopic (exact) mass is 336 g/mol. The van der Waals surface area contributed by atoms with E-state index in [-0.39, 0.29) is 0 Å². The van der Waals surface area contributed by atoms with Crippen LogP contribution in [0.3, 0.4) is 0 Å². The van der Waals surface area contributed by atoms with Crippen molar-refractivity contribution < 1.29 is 17.9 Å². The molecule has 0 fully saturated rings. The molecule has 3 rings (SSSR count). The van der Waals surface area contributed by atoms with E-state index in [0.717, 1.165) is 18.0 Å². The first-order valence-corrected chi connectivity index (χ1v) is 7.19. The molecule has 5 nitrogen and oxygen atoms in total. The number of methoxy groups -OCH3 is 1. The number of ether oxygens (including phenoxy) is 1. The smallest absolute Gasteiger partial charge is 0.416 e. The molecular formula is C16H15F3N4O. The molecule has 0 atom stereocenters. The molecule has 3 aromatic rings. The van der Waals surface area contributed by atoms with Gasteiger partial charge in [0.2, 0.25) is 5.88 Å². The number of halogens is 3. The van der Waals surface area contributed by atoms with Gasteiger partial charge in [0, 0.05) is 13.5 Å². The molecular weight excluding hydrogens is 321 g/mol. The number of nitrogens with zero attached hydrogens (tertiary/aromatic N) is 4. The summed E-state index contributed by atoms with van der Waals surface area (Å²) in [5.74, 6) is 1.10. The topological polar surface area (TPSA) is 52.8 Å². The molecule has 0 aliphatic carbocycles. The highest BCUT2D eigenvalue weighted by molar-refractivity contribution is 5.67.